The van der Waals surface area contributed by atoms with Crippen LogP contribution in [0.5, 0.6) is 0 Å². The minimum absolute atomic E-state index is 0.0728. The van der Waals surface area contributed by atoms with E-state index >= 15 is 0 Å². The molecule has 2 fully saturated rings. The second-order valence-corrected chi connectivity index (χ2v) is 5.48. The van der Waals surface area contributed by atoms with E-state index in [4.69, 9.17) is 4.74 Å². The van der Waals surface area contributed by atoms with Gasteiger partial charge < -0.3 is 15.4 Å². The highest BCUT2D eigenvalue weighted by Gasteiger charge is 2.42. The van der Waals surface area contributed by atoms with Crippen molar-refractivity contribution in [3.63, 3.8) is 0 Å². The van der Waals surface area contributed by atoms with E-state index < -0.39 is 0 Å². The van der Waals surface area contributed by atoms with E-state index in [1.807, 2.05) is 0 Å². The van der Waals surface area contributed by atoms with Crippen molar-refractivity contribution in [3.05, 3.63) is 0 Å². The summed E-state index contributed by atoms with van der Waals surface area (Å²) in [5.41, 5.74) is -0.255. The van der Waals surface area contributed by atoms with Gasteiger partial charge in [0, 0.05) is 20.2 Å². The van der Waals surface area contributed by atoms with E-state index in [2.05, 4.69) is 17.6 Å². The van der Waals surface area contributed by atoms with E-state index in [-0.39, 0.29) is 16.9 Å². The highest BCUT2D eigenvalue weighted by Crippen LogP contribution is 2.35. The Morgan fingerprint density at radius 2 is 2.18 bits per heavy atom. The summed E-state index contributed by atoms with van der Waals surface area (Å²) in [5.74, 6) is 0.202. The molecule has 4 heteroatoms. The van der Waals surface area contributed by atoms with Crippen LogP contribution in [0.25, 0.3) is 0 Å². The fraction of sp³-hybridized carbons (Fsp3) is 0.923. The average molecular weight is 240 g/mol. The molecule has 17 heavy (non-hydrogen) atoms. The van der Waals surface area contributed by atoms with Gasteiger partial charge in [-0.1, -0.05) is 6.92 Å². The molecule has 2 aliphatic rings. The number of carbonyl (C=O) groups excluding carboxylic acids is 1. The molecule has 0 spiro atoms. The molecule has 1 atom stereocenters. The van der Waals surface area contributed by atoms with Gasteiger partial charge in [0.2, 0.25) is 5.91 Å². The maximum atomic E-state index is 12.3. The monoisotopic (exact) mass is 240 g/mol. The Morgan fingerprint density at radius 3 is 2.59 bits per heavy atom. The molecule has 1 saturated carbocycles. The SMILES string of the molecule is CCC1(C(=O)NCC2(OC)CCC2)CCNC1. The van der Waals surface area contributed by atoms with Gasteiger partial charge in [-0.25, -0.2) is 0 Å². The van der Waals surface area contributed by atoms with E-state index in [0.29, 0.717) is 6.54 Å². The van der Waals surface area contributed by atoms with Gasteiger partial charge in [0.05, 0.1) is 11.0 Å². The van der Waals surface area contributed by atoms with Crippen LogP contribution in [0.3, 0.4) is 0 Å². The normalized spacial score (nSPS) is 30.9. The molecule has 4 nitrogen and oxygen atoms in total. The maximum Gasteiger partial charge on any atom is 0.227 e. The first-order valence-corrected chi connectivity index (χ1v) is 6.71. The quantitative estimate of drug-likeness (QED) is 0.755. The molecule has 0 aromatic heterocycles. The molecule has 2 N–H and O–H groups in total. The fourth-order valence-electron chi connectivity index (χ4n) is 2.85. The summed E-state index contributed by atoms with van der Waals surface area (Å²) in [4.78, 5) is 12.3. The minimum atomic E-state index is -0.182. The number of methoxy groups -OCH3 is 1. The van der Waals surface area contributed by atoms with Gasteiger partial charge in [0.15, 0.2) is 0 Å². The Morgan fingerprint density at radius 1 is 1.41 bits per heavy atom. The fourth-order valence-corrected chi connectivity index (χ4v) is 2.85. The molecule has 98 valence electrons. The van der Waals surface area contributed by atoms with Crippen molar-refractivity contribution in [3.8, 4) is 0 Å². The highest BCUT2D eigenvalue weighted by atomic mass is 16.5. The first-order valence-electron chi connectivity index (χ1n) is 6.71. The molecular weight excluding hydrogens is 216 g/mol. The second-order valence-electron chi connectivity index (χ2n) is 5.48. The van der Waals surface area contributed by atoms with Crippen molar-refractivity contribution in [2.45, 2.75) is 44.6 Å². The summed E-state index contributed by atoms with van der Waals surface area (Å²) >= 11 is 0. The van der Waals surface area contributed by atoms with Crippen LogP contribution in [0.2, 0.25) is 0 Å². The van der Waals surface area contributed by atoms with Gasteiger partial charge in [-0.3, -0.25) is 4.79 Å². The summed E-state index contributed by atoms with van der Waals surface area (Å²) in [7, 11) is 1.75. The Hall–Kier alpha value is -0.610. The molecule has 1 heterocycles. The number of hydrogen-bond acceptors (Lipinski definition) is 3. The lowest BCUT2D eigenvalue weighted by molar-refractivity contribution is -0.133. The number of hydrogen-bond donors (Lipinski definition) is 2. The number of rotatable bonds is 5. The summed E-state index contributed by atoms with van der Waals surface area (Å²) in [6, 6.07) is 0. The molecule has 0 aromatic carbocycles. The largest absolute Gasteiger partial charge is 0.376 e. The predicted molar refractivity (Wildman–Crippen MR) is 66.8 cm³/mol. The predicted octanol–water partition coefficient (Wildman–Crippen LogP) is 1.06. The summed E-state index contributed by atoms with van der Waals surface area (Å²) in [6.07, 6.45) is 5.22. The van der Waals surface area contributed by atoms with Gasteiger partial charge in [-0.2, -0.15) is 0 Å². The van der Waals surface area contributed by atoms with Gasteiger partial charge in [0.25, 0.3) is 0 Å². The zero-order valence-corrected chi connectivity index (χ0v) is 11.0. The smallest absolute Gasteiger partial charge is 0.227 e. The van der Waals surface area contributed by atoms with E-state index in [0.717, 1.165) is 38.8 Å². The van der Waals surface area contributed by atoms with E-state index in [1.165, 1.54) is 6.42 Å². The van der Waals surface area contributed by atoms with Crippen molar-refractivity contribution in [1.29, 1.82) is 0 Å². The van der Waals surface area contributed by atoms with Crippen molar-refractivity contribution in [1.82, 2.24) is 10.6 Å². The van der Waals surface area contributed by atoms with Crippen LogP contribution >= 0.6 is 0 Å². The summed E-state index contributed by atoms with van der Waals surface area (Å²) < 4.78 is 5.52. The van der Waals surface area contributed by atoms with Crippen molar-refractivity contribution >= 4 is 5.91 Å². The molecule has 1 amide bonds. The number of amides is 1. The van der Waals surface area contributed by atoms with Crippen molar-refractivity contribution in [2.24, 2.45) is 5.41 Å². The van der Waals surface area contributed by atoms with Gasteiger partial charge >= 0.3 is 0 Å². The van der Waals surface area contributed by atoms with Gasteiger partial charge in [-0.15, -0.1) is 0 Å². The summed E-state index contributed by atoms with van der Waals surface area (Å²) in [5, 5.41) is 6.40. The van der Waals surface area contributed by atoms with Crippen molar-refractivity contribution in [2.75, 3.05) is 26.7 Å². The lowest BCUT2D eigenvalue weighted by Crippen LogP contribution is -2.52. The molecule has 2 rings (SSSR count). The zero-order valence-electron chi connectivity index (χ0n) is 11.0. The maximum absolute atomic E-state index is 12.3. The van der Waals surface area contributed by atoms with Crippen molar-refractivity contribution < 1.29 is 9.53 Å². The lowest BCUT2D eigenvalue weighted by atomic mass is 9.79. The molecular formula is C13H24N2O2. The number of ether oxygens (including phenoxy) is 1. The lowest BCUT2D eigenvalue weighted by Gasteiger charge is -2.41. The zero-order chi connectivity index (χ0) is 12.4. The highest BCUT2D eigenvalue weighted by molar-refractivity contribution is 5.83. The molecule has 1 unspecified atom stereocenters. The van der Waals surface area contributed by atoms with Gasteiger partial charge in [0.1, 0.15) is 0 Å². The Bertz CT molecular complexity index is 276. The first-order chi connectivity index (χ1) is 8.16. The molecule has 0 radical (unpaired) electrons. The van der Waals surface area contributed by atoms with E-state index in [9.17, 15) is 4.79 Å². The molecule has 0 aromatic rings. The number of nitrogens with one attached hydrogen (secondary N) is 2. The third-order valence-electron chi connectivity index (χ3n) is 4.67. The van der Waals surface area contributed by atoms with Crippen LogP contribution in [-0.2, 0) is 9.53 Å². The molecule has 1 aliphatic heterocycles. The Labute approximate surface area is 103 Å². The van der Waals surface area contributed by atoms with Crippen LogP contribution in [0.4, 0.5) is 0 Å². The van der Waals surface area contributed by atoms with Crippen LogP contribution in [0.1, 0.15) is 39.0 Å². The average Bonchev–Trinajstić information content (AvgIpc) is 2.77. The molecule has 0 bridgehead atoms. The first kappa shape index (κ1) is 12.8. The Balaban J connectivity index is 1.88. The second kappa shape index (κ2) is 4.94. The van der Waals surface area contributed by atoms with Crippen LogP contribution in [0, 0.1) is 5.41 Å². The van der Waals surface area contributed by atoms with Crippen LogP contribution in [0.15, 0.2) is 0 Å². The minimum Gasteiger partial charge on any atom is -0.376 e. The van der Waals surface area contributed by atoms with E-state index in [1.54, 1.807) is 7.11 Å². The van der Waals surface area contributed by atoms with Crippen LogP contribution < -0.4 is 10.6 Å². The molecule has 1 saturated heterocycles. The summed E-state index contributed by atoms with van der Waals surface area (Å²) in [6.45, 7) is 4.54. The molecule has 1 aliphatic carbocycles. The Kier molecular flexibility index (Phi) is 3.73. The third-order valence-corrected chi connectivity index (χ3v) is 4.67. The van der Waals surface area contributed by atoms with Gasteiger partial charge in [-0.05, 0) is 38.6 Å². The number of carbonyl (C=O) groups is 1. The topological polar surface area (TPSA) is 50.4 Å². The third kappa shape index (κ3) is 2.33. The standard InChI is InChI=1S/C13H24N2O2/c1-3-12(7-8-14-9-12)11(16)15-10-13(17-2)5-4-6-13/h14H,3-10H2,1-2H3,(H,15,16). The van der Waals surface area contributed by atoms with Crippen LogP contribution in [-0.4, -0.2) is 38.3 Å².